The van der Waals surface area contributed by atoms with Gasteiger partial charge in [-0.3, -0.25) is 14.3 Å². The molecule has 0 spiro atoms. The zero-order valence-corrected chi connectivity index (χ0v) is 20.6. The Labute approximate surface area is 205 Å². The molecule has 0 unspecified atom stereocenters. The quantitative estimate of drug-likeness (QED) is 0.467. The number of ether oxygens (including phenoxy) is 3. The summed E-state index contributed by atoms with van der Waals surface area (Å²) in [6.45, 7) is 3.39. The molecule has 36 heavy (non-hydrogen) atoms. The van der Waals surface area contributed by atoms with Crippen LogP contribution in [0, 0.1) is 0 Å². The second kappa shape index (κ2) is 10.4. The van der Waals surface area contributed by atoms with Crippen molar-refractivity contribution in [2.75, 3.05) is 36.0 Å². The van der Waals surface area contributed by atoms with Crippen LogP contribution >= 0.6 is 0 Å². The van der Waals surface area contributed by atoms with Crippen LogP contribution in [0.25, 0.3) is 0 Å². The number of aromatic nitrogens is 2. The van der Waals surface area contributed by atoms with E-state index in [9.17, 15) is 26.4 Å². The Bertz CT molecular complexity index is 1200. The van der Waals surface area contributed by atoms with E-state index in [1.165, 1.54) is 29.1 Å². The molecule has 2 aromatic rings. The predicted molar refractivity (Wildman–Crippen MR) is 122 cm³/mol. The van der Waals surface area contributed by atoms with Crippen molar-refractivity contribution < 1.29 is 45.7 Å². The van der Waals surface area contributed by atoms with Crippen LogP contribution in [0.2, 0.25) is 0 Å². The fourth-order valence-corrected chi connectivity index (χ4v) is 4.66. The van der Waals surface area contributed by atoms with Gasteiger partial charge in [-0.1, -0.05) is 0 Å². The van der Waals surface area contributed by atoms with Gasteiger partial charge in [-0.05, 0) is 39.0 Å². The van der Waals surface area contributed by atoms with E-state index in [2.05, 4.69) is 15.2 Å². The highest BCUT2D eigenvalue weighted by Gasteiger charge is 2.51. The minimum Gasteiger partial charge on any atom is -0.489 e. The molecular weight excluding hydrogens is 509 g/mol. The first-order chi connectivity index (χ1) is 16.8. The molecule has 0 radical (unpaired) electrons. The Kier molecular flexibility index (Phi) is 7.93. The van der Waals surface area contributed by atoms with Gasteiger partial charge in [-0.15, -0.1) is 5.10 Å². The molecule has 0 atom stereocenters. The highest BCUT2D eigenvalue weighted by atomic mass is 32.2. The molecule has 0 saturated heterocycles. The number of aliphatic hydroxyl groups excluding tert-OH is 1. The Hall–Kier alpha value is -3.20. The number of anilines is 2. The summed E-state index contributed by atoms with van der Waals surface area (Å²) in [5.41, 5.74) is -2.69. The Morgan fingerprint density at radius 3 is 2.67 bits per heavy atom. The molecule has 200 valence electrons. The number of benzene rings is 1. The number of halogens is 3. The van der Waals surface area contributed by atoms with Crippen LogP contribution in [0.4, 0.5) is 29.3 Å². The first kappa shape index (κ1) is 27.4. The maximum atomic E-state index is 13.6. The third-order valence-electron chi connectivity index (χ3n) is 5.19. The average molecular weight is 537 g/mol. The lowest BCUT2D eigenvalue weighted by molar-refractivity contribution is -0.242. The van der Waals surface area contributed by atoms with Gasteiger partial charge in [0.15, 0.2) is 4.90 Å². The number of carbonyl (C=O) groups excluding carboxylic acids is 1. The number of aliphatic hydroxyl groups is 1. The number of aryl methyl sites for hydroxylation is 1. The number of fused-ring (bicyclic) bond motifs is 1. The highest BCUT2D eigenvalue weighted by Crippen LogP contribution is 2.39. The molecular formula is C21H27F3N4O7S. The number of alkyl halides is 3. The Morgan fingerprint density at radius 1 is 1.31 bits per heavy atom. The van der Waals surface area contributed by atoms with E-state index in [1.807, 2.05) is 0 Å². The summed E-state index contributed by atoms with van der Waals surface area (Å²) in [6.07, 6.45) is -4.57. The summed E-state index contributed by atoms with van der Waals surface area (Å²) in [5, 5.41) is 15.3. The van der Waals surface area contributed by atoms with Crippen molar-refractivity contribution in [2.24, 2.45) is 0 Å². The minimum atomic E-state index is -4.79. The minimum absolute atomic E-state index is 0.00824. The smallest absolute Gasteiger partial charge is 0.427 e. The van der Waals surface area contributed by atoms with E-state index in [4.69, 9.17) is 14.6 Å². The van der Waals surface area contributed by atoms with Gasteiger partial charge in [0.05, 0.1) is 18.8 Å². The maximum Gasteiger partial charge on any atom is 0.427 e. The Morgan fingerprint density at radius 2 is 2.03 bits per heavy atom. The number of nitrogens with one attached hydrogen (secondary N) is 1. The molecule has 1 aromatic carbocycles. The largest absolute Gasteiger partial charge is 0.489 e. The van der Waals surface area contributed by atoms with Gasteiger partial charge < -0.3 is 19.3 Å². The summed E-state index contributed by atoms with van der Waals surface area (Å²) in [7, 11) is -4.24. The van der Waals surface area contributed by atoms with Gasteiger partial charge in [-0.25, -0.2) is 13.2 Å². The van der Waals surface area contributed by atoms with Crippen LogP contribution in [0.15, 0.2) is 29.3 Å². The summed E-state index contributed by atoms with van der Waals surface area (Å²) < 4.78 is 84.3. The number of rotatable bonds is 9. The number of hydrogen-bond acceptors (Lipinski definition) is 8. The molecule has 1 aliphatic heterocycles. The van der Waals surface area contributed by atoms with Crippen molar-refractivity contribution in [3.8, 4) is 11.6 Å². The topological polar surface area (TPSA) is 132 Å². The zero-order valence-electron chi connectivity index (χ0n) is 19.8. The van der Waals surface area contributed by atoms with E-state index in [-0.39, 0.29) is 60.7 Å². The third kappa shape index (κ3) is 5.78. The fourth-order valence-electron chi connectivity index (χ4n) is 3.13. The number of amides is 1. The van der Waals surface area contributed by atoms with E-state index in [1.54, 1.807) is 6.92 Å². The molecule has 2 heterocycles. The molecule has 0 bridgehead atoms. The van der Waals surface area contributed by atoms with Gasteiger partial charge in [0, 0.05) is 31.5 Å². The lowest BCUT2D eigenvalue weighted by Gasteiger charge is -2.31. The van der Waals surface area contributed by atoms with Crippen LogP contribution < -0.4 is 19.1 Å². The molecule has 0 fully saturated rings. The number of hydrogen-bond donors (Lipinski definition) is 2. The molecule has 1 aromatic heterocycles. The molecule has 1 aliphatic rings. The van der Waals surface area contributed by atoms with Gasteiger partial charge in [0.25, 0.3) is 15.9 Å². The second-order valence-corrected chi connectivity index (χ2v) is 10.0. The molecule has 15 heteroatoms. The monoisotopic (exact) mass is 536 g/mol. The zero-order chi connectivity index (χ0) is 26.7. The first-order valence-electron chi connectivity index (χ1n) is 11.0. The highest BCUT2D eigenvalue weighted by molar-refractivity contribution is 7.93. The summed E-state index contributed by atoms with van der Waals surface area (Å²) in [5.74, 6) is 0.0515. The first-order valence-corrected chi connectivity index (χ1v) is 12.4. The van der Waals surface area contributed by atoms with Gasteiger partial charge in [0.1, 0.15) is 12.4 Å². The Balaban J connectivity index is 1.91. The number of carbonyl (C=O) groups is 1. The summed E-state index contributed by atoms with van der Waals surface area (Å²) in [4.78, 5) is 11.9. The van der Waals surface area contributed by atoms with Gasteiger partial charge in [-0.2, -0.15) is 13.2 Å². The molecule has 1 amide bonds. The van der Waals surface area contributed by atoms with E-state index < -0.39 is 27.9 Å². The van der Waals surface area contributed by atoms with Crippen LogP contribution in [0.5, 0.6) is 11.6 Å². The van der Waals surface area contributed by atoms with Crippen molar-refractivity contribution in [3.05, 3.63) is 24.4 Å². The second-order valence-electron chi connectivity index (χ2n) is 8.21. The van der Waals surface area contributed by atoms with Gasteiger partial charge >= 0.3 is 12.3 Å². The standard InChI is InChI=1S/C21H27F3N4O7S/c1-4-27-13-17(18(26-27)34-10-5-9-29)36(31,32)28-8-11-33-16-7-6-14(12-15(16)28)25-19(30)35-20(2,3)21(22,23)24/h6-7,12-13,29H,4-5,8-11H2,1-3H3,(H,25,30). The lowest BCUT2D eigenvalue weighted by atomic mass is 10.1. The summed E-state index contributed by atoms with van der Waals surface area (Å²) in [6, 6.07) is 3.98. The van der Waals surface area contributed by atoms with Crippen LogP contribution in [-0.4, -0.2) is 67.5 Å². The van der Waals surface area contributed by atoms with Gasteiger partial charge in [0.2, 0.25) is 5.60 Å². The van der Waals surface area contributed by atoms with Crippen molar-refractivity contribution in [3.63, 3.8) is 0 Å². The molecule has 0 aliphatic carbocycles. The van der Waals surface area contributed by atoms with Crippen LogP contribution in [0.3, 0.4) is 0 Å². The SMILES string of the molecule is CCn1cc(S(=O)(=O)N2CCOc3ccc(NC(=O)OC(C)(C)C(F)(F)F)cc32)c(OCCCO)n1. The molecule has 0 saturated carbocycles. The van der Waals surface area contributed by atoms with Crippen LogP contribution in [0.1, 0.15) is 27.2 Å². The average Bonchev–Trinajstić information content (AvgIpc) is 3.22. The molecule has 11 nitrogen and oxygen atoms in total. The fraction of sp³-hybridized carbons (Fsp3) is 0.524. The number of sulfonamides is 1. The van der Waals surface area contributed by atoms with Crippen molar-refractivity contribution in [1.29, 1.82) is 0 Å². The lowest BCUT2D eigenvalue weighted by Crippen LogP contribution is -2.44. The third-order valence-corrected chi connectivity index (χ3v) is 6.98. The predicted octanol–water partition coefficient (Wildman–Crippen LogP) is 3.14. The summed E-state index contributed by atoms with van der Waals surface area (Å²) >= 11 is 0. The van der Waals surface area contributed by atoms with Crippen molar-refractivity contribution in [2.45, 2.75) is 50.4 Å². The molecule has 2 N–H and O–H groups in total. The normalized spacial score (nSPS) is 14.1. The number of nitrogens with zero attached hydrogens (tertiary/aromatic N) is 3. The van der Waals surface area contributed by atoms with E-state index in [0.29, 0.717) is 20.4 Å². The van der Waals surface area contributed by atoms with Crippen molar-refractivity contribution in [1.82, 2.24) is 9.78 Å². The van der Waals surface area contributed by atoms with Crippen molar-refractivity contribution >= 4 is 27.5 Å². The molecule has 3 rings (SSSR count). The van der Waals surface area contributed by atoms with E-state index >= 15 is 0 Å². The van der Waals surface area contributed by atoms with E-state index in [0.717, 1.165) is 4.31 Å². The maximum absolute atomic E-state index is 13.6. The van der Waals surface area contributed by atoms with Crippen LogP contribution in [-0.2, 0) is 21.3 Å².